The highest BCUT2D eigenvalue weighted by Crippen LogP contribution is 2.41. The van der Waals surface area contributed by atoms with E-state index < -0.39 is 0 Å². The molecule has 0 spiro atoms. The van der Waals surface area contributed by atoms with Crippen molar-refractivity contribution in [3.63, 3.8) is 0 Å². The van der Waals surface area contributed by atoms with Crippen molar-refractivity contribution in [3.8, 4) is 11.5 Å². The first kappa shape index (κ1) is 12.0. The van der Waals surface area contributed by atoms with Crippen LogP contribution in [0.2, 0.25) is 0 Å². The molecular weight excluding hydrogens is 240 g/mol. The van der Waals surface area contributed by atoms with Crippen molar-refractivity contribution >= 4 is 0 Å². The van der Waals surface area contributed by atoms with Crippen molar-refractivity contribution in [2.45, 2.75) is 18.6 Å². The summed E-state index contributed by atoms with van der Waals surface area (Å²) in [5.74, 6) is 6.61. The van der Waals surface area contributed by atoms with Gasteiger partial charge < -0.3 is 9.84 Å². The molecule has 1 aliphatic rings. The molecule has 4 N–H and O–H groups in total. The number of nitrogens with one attached hydrogen (secondary N) is 1. The maximum absolute atomic E-state index is 9.56. The van der Waals surface area contributed by atoms with E-state index >= 15 is 0 Å². The summed E-state index contributed by atoms with van der Waals surface area (Å²) in [4.78, 5) is 0. The molecule has 98 valence electrons. The Hall–Kier alpha value is -2.04. The van der Waals surface area contributed by atoms with Crippen LogP contribution < -0.4 is 16.0 Å². The Morgan fingerprint density at radius 1 is 1.16 bits per heavy atom. The topological polar surface area (TPSA) is 67.5 Å². The quantitative estimate of drug-likeness (QED) is 0.570. The second kappa shape index (κ2) is 4.91. The number of phenolic OH excluding ortho intramolecular Hbond substituents is 1. The van der Waals surface area contributed by atoms with Crippen molar-refractivity contribution in [3.05, 3.63) is 59.7 Å². The number of fused-ring (bicyclic) bond motifs is 1. The van der Waals surface area contributed by atoms with E-state index in [9.17, 15) is 5.11 Å². The van der Waals surface area contributed by atoms with Gasteiger partial charge in [-0.1, -0.05) is 30.3 Å². The molecule has 0 fully saturated rings. The first-order valence-corrected chi connectivity index (χ1v) is 6.28. The zero-order chi connectivity index (χ0) is 13.2. The smallest absolute Gasteiger partial charge is 0.126 e. The molecule has 19 heavy (non-hydrogen) atoms. The summed E-state index contributed by atoms with van der Waals surface area (Å²) in [5, 5.41) is 9.56. The molecule has 0 aliphatic carbocycles. The van der Waals surface area contributed by atoms with Crippen LogP contribution in [-0.4, -0.2) is 5.11 Å². The van der Waals surface area contributed by atoms with E-state index in [2.05, 4.69) is 5.43 Å². The van der Waals surface area contributed by atoms with E-state index in [-0.39, 0.29) is 17.9 Å². The molecule has 2 aromatic rings. The lowest BCUT2D eigenvalue weighted by atomic mass is 9.93. The molecular formula is C15H16N2O2. The molecule has 0 aromatic heterocycles. The van der Waals surface area contributed by atoms with Crippen LogP contribution in [0.1, 0.15) is 29.7 Å². The molecule has 0 saturated heterocycles. The molecule has 0 saturated carbocycles. The normalized spacial score (nSPS) is 21.5. The SMILES string of the molecule is NNC1CC(c2ccccc2)Oc2ccc(O)cc21. The second-order valence-corrected chi connectivity index (χ2v) is 4.69. The predicted molar refractivity (Wildman–Crippen MR) is 72.6 cm³/mol. The molecule has 0 radical (unpaired) electrons. The standard InChI is InChI=1S/C15H16N2O2/c16-17-13-9-15(10-4-2-1-3-5-10)19-14-7-6-11(18)8-12(13)14/h1-8,13,15,17-18H,9,16H2. The van der Waals surface area contributed by atoms with Gasteiger partial charge in [0.1, 0.15) is 17.6 Å². The van der Waals surface area contributed by atoms with Gasteiger partial charge in [0.2, 0.25) is 0 Å². The Morgan fingerprint density at radius 3 is 2.68 bits per heavy atom. The summed E-state index contributed by atoms with van der Waals surface area (Å²) < 4.78 is 6.00. The van der Waals surface area contributed by atoms with Gasteiger partial charge in [-0.3, -0.25) is 11.3 Å². The third kappa shape index (κ3) is 2.28. The number of rotatable bonds is 2. The van der Waals surface area contributed by atoms with Crippen molar-refractivity contribution in [1.82, 2.24) is 5.43 Å². The predicted octanol–water partition coefficient (Wildman–Crippen LogP) is 2.42. The van der Waals surface area contributed by atoms with Gasteiger partial charge in [-0.05, 0) is 23.8 Å². The minimum atomic E-state index is -0.0284. The maximum Gasteiger partial charge on any atom is 0.126 e. The highest BCUT2D eigenvalue weighted by atomic mass is 16.5. The first-order chi connectivity index (χ1) is 9.28. The molecule has 1 aliphatic heterocycles. The zero-order valence-corrected chi connectivity index (χ0v) is 10.4. The second-order valence-electron chi connectivity index (χ2n) is 4.69. The number of hydrazine groups is 1. The molecule has 0 amide bonds. The Morgan fingerprint density at radius 2 is 1.95 bits per heavy atom. The molecule has 4 heteroatoms. The average Bonchev–Trinajstić information content (AvgIpc) is 2.47. The van der Waals surface area contributed by atoms with Crippen molar-refractivity contribution in [2.24, 2.45) is 5.84 Å². The zero-order valence-electron chi connectivity index (χ0n) is 10.4. The lowest BCUT2D eigenvalue weighted by molar-refractivity contribution is 0.151. The van der Waals surface area contributed by atoms with Gasteiger partial charge in [0.05, 0.1) is 6.04 Å². The van der Waals surface area contributed by atoms with Gasteiger partial charge in [-0.2, -0.15) is 0 Å². The number of benzene rings is 2. The first-order valence-electron chi connectivity index (χ1n) is 6.28. The van der Waals surface area contributed by atoms with Gasteiger partial charge in [0, 0.05) is 12.0 Å². The molecule has 0 bridgehead atoms. The van der Waals surface area contributed by atoms with Gasteiger partial charge >= 0.3 is 0 Å². The molecule has 2 atom stereocenters. The number of nitrogens with two attached hydrogens (primary N) is 1. The average molecular weight is 256 g/mol. The van der Waals surface area contributed by atoms with Crippen LogP contribution in [0.15, 0.2) is 48.5 Å². The van der Waals surface area contributed by atoms with Crippen LogP contribution in [0.25, 0.3) is 0 Å². The van der Waals surface area contributed by atoms with Gasteiger partial charge in [-0.15, -0.1) is 0 Å². The van der Waals surface area contributed by atoms with E-state index in [0.717, 1.165) is 23.3 Å². The summed E-state index contributed by atoms with van der Waals surface area (Å²) in [6.07, 6.45) is 0.705. The highest BCUT2D eigenvalue weighted by Gasteiger charge is 2.28. The minimum Gasteiger partial charge on any atom is -0.508 e. The third-order valence-corrected chi connectivity index (χ3v) is 3.46. The van der Waals surface area contributed by atoms with E-state index in [1.807, 2.05) is 30.3 Å². The minimum absolute atomic E-state index is 0.0268. The Balaban J connectivity index is 1.96. The summed E-state index contributed by atoms with van der Waals surface area (Å²) in [7, 11) is 0. The fraction of sp³-hybridized carbons (Fsp3) is 0.200. The van der Waals surface area contributed by atoms with Gasteiger partial charge in [-0.25, -0.2) is 0 Å². The van der Waals surface area contributed by atoms with Gasteiger partial charge in [0.15, 0.2) is 0 Å². The maximum atomic E-state index is 9.56. The lowest BCUT2D eigenvalue weighted by Gasteiger charge is -2.32. The number of aromatic hydroxyl groups is 1. The third-order valence-electron chi connectivity index (χ3n) is 3.46. The fourth-order valence-electron chi connectivity index (χ4n) is 2.49. The Bertz CT molecular complexity index is 572. The highest BCUT2D eigenvalue weighted by molar-refractivity contribution is 5.43. The number of phenols is 1. The molecule has 2 aromatic carbocycles. The van der Waals surface area contributed by atoms with Crippen LogP contribution in [0.4, 0.5) is 0 Å². The monoisotopic (exact) mass is 256 g/mol. The Labute approximate surface area is 111 Å². The van der Waals surface area contributed by atoms with Crippen LogP contribution in [-0.2, 0) is 0 Å². The molecule has 2 unspecified atom stereocenters. The largest absolute Gasteiger partial charge is 0.508 e. The van der Waals surface area contributed by atoms with Crippen molar-refractivity contribution < 1.29 is 9.84 Å². The summed E-state index contributed by atoms with van der Waals surface area (Å²) in [6, 6.07) is 15.1. The van der Waals surface area contributed by atoms with E-state index in [4.69, 9.17) is 10.6 Å². The van der Waals surface area contributed by atoms with E-state index in [1.165, 1.54) is 0 Å². The van der Waals surface area contributed by atoms with E-state index in [1.54, 1.807) is 18.2 Å². The number of hydrogen-bond acceptors (Lipinski definition) is 4. The van der Waals surface area contributed by atoms with Crippen LogP contribution in [0.5, 0.6) is 11.5 Å². The Kier molecular flexibility index (Phi) is 3.11. The summed E-state index contributed by atoms with van der Waals surface area (Å²) in [5.41, 5.74) is 4.82. The summed E-state index contributed by atoms with van der Waals surface area (Å²) in [6.45, 7) is 0. The number of ether oxygens (including phenoxy) is 1. The fourth-order valence-corrected chi connectivity index (χ4v) is 2.49. The molecule has 1 heterocycles. The van der Waals surface area contributed by atoms with Crippen LogP contribution >= 0.6 is 0 Å². The lowest BCUT2D eigenvalue weighted by Crippen LogP contribution is -2.33. The molecule has 4 nitrogen and oxygen atoms in total. The summed E-state index contributed by atoms with van der Waals surface area (Å²) >= 11 is 0. The molecule has 3 rings (SSSR count). The van der Waals surface area contributed by atoms with Crippen LogP contribution in [0.3, 0.4) is 0 Å². The van der Waals surface area contributed by atoms with Crippen LogP contribution in [0, 0.1) is 0 Å². The number of hydrogen-bond donors (Lipinski definition) is 3. The van der Waals surface area contributed by atoms with Gasteiger partial charge in [0.25, 0.3) is 0 Å². The van der Waals surface area contributed by atoms with Crippen molar-refractivity contribution in [1.29, 1.82) is 0 Å². The van der Waals surface area contributed by atoms with E-state index in [0.29, 0.717) is 0 Å². The van der Waals surface area contributed by atoms with Crippen molar-refractivity contribution in [2.75, 3.05) is 0 Å².